The number of rotatable bonds is 6. The molecule has 0 bridgehead atoms. The molecule has 8 heteroatoms. The van der Waals surface area contributed by atoms with Crippen molar-refractivity contribution in [3.8, 4) is 0 Å². The monoisotopic (exact) mass is 288 g/mol. The van der Waals surface area contributed by atoms with Gasteiger partial charge in [-0.25, -0.2) is 0 Å². The van der Waals surface area contributed by atoms with Crippen molar-refractivity contribution in [1.29, 1.82) is 0 Å². The Bertz CT molecular complexity index is 525. The molecular weight excluding hydrogens is 270 g/mol. The maximum Gasteiger partial charge on any atom is 0.271 e. The number of carbonyl (C=O) groups excluding carboxylic acids is 1. The third-order valence-electron chi connectivity index (χ3n) is 2.28. The average molecular weight is 288 g/mol. The van der Waals surface area contributed by atoms with Gasteiger partial charge in [-0.05, 0) is 11.0 Å². The van der Waals surface area contributed by atoms with Crippen LogP contribution in [0.3, 0.4) is 0 Å². The highest BCUT2D eigenvalue weighted by Gasteiger charge is 2.13. The molecule has 0 spiro atoms. The van der Waals surface area contributed by atoms with E-state index in [-0.39, 0.29) is 12.5 Å². The van der Waals surface area contributed by atoms with Crippen molar-refractivity contribution < 1.29 is 22.4 Å². The van der Waals surface area contributed by atoms with Gasteiger partial charge in [-0.2, -0.15) is 8.42 Å². The summed E-state index contributed by atoms with van der Waals surface area (Å²) in [5.41, 5.74) is 0.406. The predicted octanol–water partition coefficient (Wildman–Crippen LogP) is -0.357. The number of amides is 1. The van der Waals surface area contributed by atoms with Crippen molar-refractivity contribution in [3.63, 3.8) is 0 Å². The number of aryl methyl sites for hydroxylation is 1. The van der Waals surface area contributed by atoms with E-state index in [2.05, 4.69) is 10.4 Å². The summed E-state index contributed by atoms with van der Waals surface area (Å²) in [6.45, 7) is 4.60. The zero-order valence-corrected chi connectivity index (χ0v) is 11.7. The van der Waals surface area contributed by atoms with Crippen LogP contribution < -0.4 is 10.00 Å². The molecule has 0 aliphatic carbocycles. The number of carbonyl (C=O) groups is 1. The van der Waals surface area contributed by atoms with Gasteiger partial charge in [0.25, 0.3) is 16.0 Å². The van der Waals surface area contributed by atoms with Crippen LogP contribution in [0.2, 0.25) is 0 Å². The molecule has 1 rings (SSSR count). The topological polar surface area (TPSA) is 100 Å². The molecule has 0 radical (unpaired) electrons. The molecular formula is C11H18N3O4S+. The quantitative estimate of drug-likeness (QED) is 0.550. The maximum absolute atomic E-state index is 11.7. The van der Waals surface area contributed by atoms with Crippen LogP contribution in [0.15, 0.2) is 18.5 Å². The molecule has 0 fully saturated rings. The Morgan fingerprint density at radius 1 is 1.53 bits per heavy atom. The molecule has 7 nitrogen and oxygen atoms in total. The maximum atomic E-state index is 11.7. The zero-order valence-electron chi connectivity index (χ0n) is 10.9. The number of hydrogen-bond acceptors (Lipinski definition) is 4. The molecule has 0 atom stereocenters. The van der Waals surface area contributed by atoms with E-state index in [4.69, 9.17) is 4.55 Å². The van der Waals surface area contributed by atoms with Crippen molar-refractivity contribution in [2.45, 2.75) is 20.4 Å². The third kappa shape index (κ3) is 6.25. The van der Waals surface area contributed by atoms with Crippen LogP contribution in [0.25, 0.3) is 0 Å². The van der Waals surface area contributed by atoms with E-state index >= 15 is 0 Å². The lowest BCUT2D eigenvalue weighted by atomic mass is 10.2. The lowest BCUT2D eigenvalue weighted by Gasteiger charge is -2.06. The highest BCUT2D eigenvalue weighted by atomic mass is 32.2. The highest BCUT2D eigenvalue weighted by molar-refractivity contribution is 7.85. The molecule has 1 heterocycles. The molecule has 19 heavy (non-hydrogen) atoms. The Morgan fingerprint density at radius 2 is 2.21 bits per heavy atom. The molecule has 0 saturated heterocycles. The lowest BCUT2D eigenvalue weighted by Crippen LogP contribution is -2.41. The van der Waals surface area contributed by atoms with Gasteiger partial charge >= 0.3 is 0 Å². The summed E-state index contributed by atoms with van der Waals surface area (Å²) in [5, 5.41) is 6.66. The number of aromatic nitrogens is 2. The third-order valence-corrected chi connectivity index (χ3v) is 2.98. The molecule has 0 aliphatic rings. The van der Waals surface area contributed by atoms with Crippen molar-refractivity contribution in [1.82, 2.24) is 10.4 Å². The largest absolute Gasteiger partial charge is 0.352 e. The van der Waals surface area contributed by atoms with Gasteiger partial charge in [0.1, 0.15) is 11.9 Å². The first-order valence-corrected chi connectivity index (χ1v) is 7.48. The molecule has 0 aliphatic heterocycles. The molecule has 106 valence electrons. The van der Waals surface area contributed by atoms with Crippen LogP contribution in [0.1, 0.15) is 24.2 Å². The van der Waals surface area contributed by atoms with E-state index in [1.54, 1.807) is 6.07 Å². The Morgan fingerprint density at radius 3 is 2.68 bits per heavy atom. The Balaban J connectivity index is 2.58. The second-order valence-electron chi connectivity index (χ2n) is 4.57. The van der Waals surface area contributed by atoms with Crippen LogP contribution in [0.5, 0.6) is 0 Å². The van der Waals surface area contributed by atoms with E-state index in [0.717, 1.165) is 0 Å². The SMILES string of the molecule is CC(C)CNC(=O)c1cc[n+](CCS(=O)(=O)O)nc1. The fourth-order valence-electron chi connectivity index (χ4n) is 1.26. The van der Waals surface area contributed by atoms with E-state index < -0.39 is 15.9 Å². The van der Waals surface area contributed by atoms with E-state index in [1.165, 1.54) is 17.1 Å². The molecule has 1 amide bonds. The van der Waals surface area contributed by atoms with Crippen LogP contribution in [0, 0.1) is 5.92 Å². The minimum Gasteiger partial charge on any atom is -0.352 e. The molecule has 0 unspecified atom stereocenters. The van der Waals surface area contributed by atoms with Crippen LogP contribution >= 0.6 is 0 Å². The van der Waals surface area contributed by atoms with E-state index in [1.807, 2.05) is 13.8 Å². The fourth-order valence-corrected chi connectivity index (χ4v) is 1.68. The molecule has 1 aromatic rings. The van der Waals surface area contributed by atoms with Gasteiger partial charge in [0.2, 0.25) is 0 Å². The van der Waals surface area contributed by atoms with Gasteiger partial charge in [0.15, 0.2) is 12.7 Å². The average Bonchev–Trinajstić information content (AvgIpc) is 2.33. The van der Waals surface area contributed by atoms with Crippen LogP contribution in [0.4, 0.5) is 0 Å². The van der Waals surface area contributed by atoms with Gasteiger partial charge in [0.05, 0.1) is 5.56 Å². The summed E-state index contributed by atoms with van der Waals surface area (Å²) in [6.07, 6.45) is 2.86. The zero-order chi connectivity index (χ0) is 14.5. The van der Waals surface area contributed by atoms with E-state index in [0.29, 0.717) is 18.0 Å². The second-order valence-corrected chi connectivity index (χ2v) is 6.14. The smallest absolute Gasteiger partial charge is 0.271 e. The summed E-state index contributed by atoms with van der Waals surface area (Å²) >= 11 is 0. The number of hydrogen-bond donors (Lipinski definition) is 2. The second kappa shape index (κ2) is 6.58. The molecule has 0 saturated carbocycles. The molecule has 1 aromatic heterocycles. The van der Waals surface area contributed by atoms with Crippen molar-refractivity contribution in [2.75, 3.05) is 12.3 Å². The number of nitrogens with zero attached hydrogens (tertiary/aromatic N) is 2. The fraction of sp³-hybridized carbons (Fsp3) is 0.545. The summed E-state index contributed by atoms with van der Waals surface area (Å²) in [6, 6.07) is 1.55. The van der Waals surface area contributed by atoms with Crippen LogP contribution in [-0.4, -0.2) is 36.3 Å². The van der Waals surface area contributed by atoms with Gasteiger partial charge in [-0.1, -0.05) is 18.5 Å². The van der Waals surface area contributed by atoms with Crippen molar-refractivity contribution >= 4 is 16.0 Å². The number of nitrogens with one attached hydrogen (secondary N) is 1. The Hall–Kier alpha value is -1.54. The summed E-state index contributed by atoms with van der Waals surface area (Å²) in [4.78, 5) is 11.7. The first-order chi connectivity index (χ1) is 8.78. The summed E-state index contributed by atoms with van der Waals surface area (Å²) in [7, 11) is -4.01. The lowest BCUT2D eigenvalue weighted by molar-refractivity contribution is -0.750. The molecule has 2 N–H and O–H groups in total. The van der Waals surface area contributed by atoms with Gasteiger partial charge in [0, 0.05) is 12.6 Å². The van der Waals surface area contributed by atoms with Gasteiger partial charge in [-0.15, -0.1) is 0 Å². The molecule has 0 aromatic carbocycles. The normalized spacial score (nSPS) is 11.6. The minimum atomic E-state index is -4.01. The van der Waals surface area contributed by atoms with Gasteiger partial charge < -0.3 is 5.32 Å². The van der Waals surface area contributed by atoms with Gasteiger partial charge in [-0.3, -0.25) is 9.35 Å². The van der Waals surface area contributed by atoms with E-state index in [9.17, 15) is 13.2 Å². The highest BCUT2D eigenvalue weighted by Crippen LogP contribution is 1.95. The Kier molecular flexibility index (Phi) is 5.37. The first kappa shape index (κ1) is 15.5. The standard InChI is InChI=1S/C11H17N3O4S/c1-9(2)7-12-11(15)10-3-4-14(13-8-10)5-6-19(16,17)18/h3-4,8-9H,5-7H2,1-2H3,(H-,12,15,16,17,18)/p+1. The van der Waals surface area contributed by atoms with Crippen LogP contribution in [-0.2, 0) is 16.7 Å². The predicted molar refractivity (Wildman–Crippen MR) is 68.0 cm³/mol. The summed E-state index contributed by atoms with van der Waals surface area (Å²) < 4.78 is 31.1. The summed E-state index contributed by atoms with van der Waals surface area (Å²) in [5.74, 6) is -0.271. The van der Waals surface area contributed by atoms with Crippen molar-refractivity contribution in [3.05, 3.63) is 24.0 Å². The Labute approximate surface area is 112 Å². The minimum absolute atomic E-state index is 0.0345. The van der Waals surface area contributed by atoms with Crippen molar-refractivity contribution in [2.24, 2.45) is 5.92 Å². The first-order valence-electron chi connectivity index (χ1n) is 5.87.